The highest BCUT2D eigenvalue weighted by molar-refractivity contribution is 7.13. The molecule has 5 nitrogen and oxygen atoms in total. The van der Waals surface area contributed by atoms with E-state index in [1.807, 2.05) is 31.2 Å². The van der Waals surface area contributed by atoms with Gasteiger partial charge in [-0.15, -0.1) is 11.3 Å². The third-order valence-electron chi connectivity index (χ3n) is 3.05. The van der Waals surface area contributed by atoms with E-state index in [0.717, 1.165) is 16.3 Å². The number of nitrogens with zero attached hydrogens (tertiary/aromatic N) is 1. The Balaban J connectivity index is 1.66. The Morgan fingerprint density at radius 1 is 1.26 bits per heavy atom. The van der Waals surface area contributed by atoms with Gasteiger partial charge in [0.25, 0.3) is 0 Å². The molecule has 0 aliphatic rings. The van der Waals surface area contributed by atoms with Crippen molar-refractivity contribution in [3.63, 3.8) is 0 Å². The molecular weight excluding hydrogens is 314 g/mol. The van der Waals surface area contributed by atoms with Gasteiger partial charge in [0.2, 0.25) is 0 Å². The molecule has 6 heteroatoms. The van der Waals surface area contributed by atoms with Gasteiger partial charge in [-0.25, -0.2) is 9.78 Å². The smallest absolute Gasteiger partial charge is 0.358 e. The fourth-order valence-corrected chi connectivity index (χ4v) is 2.76. The quantitative estimate of drug-likeness (QED) is 0.636. The van der Waals surface area contributed by atoms with Crippen LogP contribution in [-0.4, -0.2) is 17.6 Å². The van der Waals surface area contributed by atoms with Gasteiger partial charge in [-0.2, -0.15) is 0 Å². The number of thiazole rings is 1. The largest absolute Gasteiger partial charge is 0.494 e. The first-order chi connectivity index (χ1) is 11.3. The van der Waals surface area contributed by atoms with Crippen molar-refractivity contribution in [2.75, 3.05) is 6.61 Å². The summed E-state index contributed by atoms with van der Waals surface area (Å²) in [6.07, 6.45) is 1.54. The first-order valence-electron chi connectivity index (χ1n) is 7.14. The van der Waals surface area contributed by atoms with E-state index < -0.39 is 5.97 Å². The Kier molecular flexibility index (Phi) is 4.73. The second-order valence-corrected chi connectivity index (χ2v) is 5.51. The van der Waals surface area contributed by atoms with Gasteiger partial charge in [0.1, 0.15) is 23.1 Å². The van der Waals surface area contributed by atoms with E-state index in [9.17, 15) is 4.79 Å². The normalized spacial score (nSPS) is 10.5. The minimum Gasteiger partial charge on any atom is -0.494 e. The number of carbonyl (C=O) groups is 1. The fraction of sp³-hybridized carbons (Fsp3) is 0.176. The molecule has 3 aromatic rings. The molecule has 23 heavy (non-hydrogen) atoms. The number of rotatable bonds is 6. The summed E-state index contributed by atoms with van der Waals surface area (Å²) < 4.78 is 15.7. The van der Waals surface area contributed by atoms with E-state index in [0.29, 0.717) is 18.1 Å². The number of ether oxygens (including phenoxy) is 2. The van der Waals surface area contributed by atoms with Crippen molar-refractivity contribution in [1.29, 1.82) is 0 Å². The maximum Gasteiger partial charge on any atom is 0.358 e. The lowest BCUT2D eigenvalue weighted by Crippen LogP contribution is -2.05. The van der Waals surface area contributed by atoms with Crippen LogP contribution in [0.3, 0.4) is 0 Å². The lowest BCUT2D eigenvalue weighted by Gasteiger charge is -2.03. The molecule has 118 valence electrons. The van der Waals surface area contributed by atoms with E-state index in [-0.39, 0.29) is 6.61 Å². The highest BCUT2D eigenvalue weighted by Crippen LogP contribution is 2.26. The highest BCUT2D eigenvalue weighted by Gasteiger charge is 2.14. The van der Waals surface area contributed by atoms with Crippen molar-refractivity contribution >= 4 is 17.3 Å². The molecule has 0 spiro atoms. The van der Waals surface area contributed by atoms with Crippen LogP contribution in [0, 0.1) is 0 Å². The molecule has 0 unspecified atom stereocenters. The Bertz CT molecular complexity index is 762. The van der Waals surface area contributed by atoms with Crippen LogP contribution in [0.15, 0.2) is 52.5 Å². The number of hydrogen-bond acceptors (Lipinski definition) is 6. The summed E-state index contributed by atoms with van der Waals surface area (Å²) in [4.78, 5) is 16.3. The van der Waals surface area contributed by atoms with Gasteiger partial charge < -0.3 is 13.9 Å². The highest BCUT2D eigenvalue weighted by atomic mass is 32.1. The zero-order valence-electron chi connectivity index (χ0n) is 12.5. The van der Waals surface area contributed by atoms with Crippen molar-refractivity contribution < 1.29 is 18.7 Å². The Labute approximate surface area is 137 Å². The second kappa shape index (κ2) is 7.11. The van der Waals surface area contributed by atoms with Crippen LogP contribution in [0.25, 0.3) is 10.6 Å². The molecule has 0 amide bonds. The van der Waals surface area contributed by atoms with Gasteiger partial charge in [-0.3, -0.25) is 0 Å². The van der Waals surface area contributed by atoms with Gasteiger partial charge in [0.15, 0.2) is 5.69 Å². The topological polar surface area (TPSA) is 61.6 Å². The Morgan fingerprint density at radius 3 is 2.78 bits per heavy atom. The average Bonchev–Trinajstić information content (AvgIpc) is 3.25. The zero-order chi connectivity index (χ0) is 16.1. The monoisotopic (exact) mass is 329 g/mol. The minimum absolute atomic E-state index is 0.0990. The average molecular weight is 329 g/mol. The van der Waals surface area contributed by atoms with Crippen LogP contribution >= 0.6 is 11.3 Å². The van der Waals surface area contributed by atoms with Gasteiger partial charge in [-0.1, -0.05) is 0 Å². The van der Waals surface area contributed by atoms with Crippen LogP contribution in [0.4, 0.5) is 0 Å². The van der Waals surface area contributed by atoms with E-state index in [2.05, 4.69) is 4.98 Å². The number of esters is 1. The van der Waals surface area contributed by atoms with E-state index >= 15 is 0 Å². The standard InChI is InChI=1S/C17H15NO4S/c1-2-20-13-7-5-12(6-8-13)16-18-15(11-23-16)17(19)22-10-14-4-3-9-21-14/h3-9,11H,2,10H2,1H3. The molecule has 0 fully saturated rings. The Morgan fingerprint density at radius 2 is 2.09 bits per heavy atom. The zero-order valence-corrected chi connectivity index (χ0v) is 13.3. The van der Waals surface area contributed by atoms with Crippen LogP contribution in [0.2, 0.25) is 0 Å². The lowest BCUT2D eigenvalue weighted by atomic mass is 10.2. The molecule has 2 heterocycles. The number of hydrogen-bond donors (Lipinski definition) is 0. The van der Waals surface area contributed by atoms with Gasteiger partial charge in [0, 0.05) is 10.9 Å². The summed E-state index contributed by atoms with van der Waals surface area (Å²) >= 11 is 1.40. The third kappa shape index (κ3) is 3.78. The van der Waals surface area contributed by atoms with Crippen molar-refractivity contribution in [3.8, 4) is 16.3 Å². The Hall–Kier alpha value is -2.60. The third-order valence-corrected chi connectivity index (χ3v) is 3.94. The molecule has 1 aromatic carbocycles. The molecule has 0 saturated heterocycles. The maximum atomic E-state index is 12.0. The molecule has 0 N–H and O–H groups in total. The fourth-order valence-electron chi connectivity index (χ4n) is 1.97. The summed E-state index contributed by atoms with van der Waals surface area (Å²) in [7, 11) is 0. The maximum absolute atomic E-state index is 12.0. The summed E-state index contributed by atoms with van der Waals surface area (Å²) in [5.41, 5.74) is 1.23. The SMILES string of the molecule is CCOc1ccc(-c2nc(C(=O)OCc3ccco3)cs2)cc1. The molecule has 0 aliphatic heterocycles. The molecule has 0 bridgehead atoms. The van der Waals surface area contributed by atoms with E-state index in [4.69, 9.17) is 13.9 Å². The second-order valence-electron chi connectivity index (χ2n) is 4.65. The van der Waals surface area contributed by atoms with Crippen molar-refractivity contribution in [2.24, 2.45) is 0 Å². The van der Waals surface area contributed by atoms with E-state index in [1.54, 1.807) is 17.5 Å². The van der Waals surface area contributed by atoms with Crippen LogP contribution in [0.1, 0.15) is 23.2 Å². The summed E-state index contributed by atoms with van der Waals surface area (Å²) in [6, 6.07) is 11.1. The molecule has 0 atom stereocenters. The first kappa shape index (κ1) is 15.3. The summed E-state index contributed by atoms with van der Waals surface area (Å²) in [5.74, 6) is 0.945. The molecule has 0 aliphatic carbocycles. The summed E-state index contributed by atoms with van der Waals surface area (Å²) in [5, 5.41) is 2.45. The van der Waals surface area contributed by atoms with E-state index in [1.165, 1.54) is 17.6 Å². The number of furan rings is 1. The van der Waals surface area contributed by atoms with Crippen molar-refractivity contribution in [3.05, 3.63) is 59.5 Å². The minimum atomic E-state index is -0.463. The molecule has 2 aromatic heterocycles. The van der Waals surface area contributed by atoms with Crippen molar-refractivity contribution in [1.82, 2.24) is 4.98 Å². The van der Waals surface area contributed by atoms with Crippen LogP contribution < -0.4 is 4.74 Å². The molecule has 3 rings (SSSR count). The van der Waals surface area contributed by atoms with Crippen molar-refractivity contribution in [2.45, 2.75) is 13.5 Å². The predicted octanol–water partition coefficient (Wildman–Crippen LogP) is 4.16. The lowest BCUT2D eigenvalue weighted by molar-refractivity contribution is 0.0439. The molecular formula is C17H15NO4S. The van der Waals surface area contributed by atoms with Gasteiger partial charge in [-0.05, 0) is 43.3 Å². The number of aromatic nitrogens is 1. The number of carbonyl (C=O) groups excluding carboxylic acids is 1. The first-order valence-corrected chi connectivity index (χ1v) is 8.02. The number of benzene rings is 1. The predicted molar refractivity (Wildman–Crippen MR) is 86.5 cm³/mol. The summed E-state index contributed by atoms with van der Waals surface area (Å²) in [6.45, 7) is 2.67. The van der Waals surface area contributed by atoms with Crippen LogP contribution in [0.5, 0.6) is 5.75 Å². The molecule has 0 saturated carbocycles. The van der Waals surface area contributed by atoms with Crippen LogP contribution in [-0.2, 0) is 11.3 Å². The van der Waals surface area contributed by atoms with Gasteiger partial charge >= 0.3 is 5.97 Å². The van der Waals surface area contributed by atoms with Gasteiger partial charge in [0.05, 0.1) is 12.9 Å². The molecule has 0 radical (unpaired) electrons.